The Morgan fingerprint density at radius 2 is 2.16 bits per heavy atom. The van der Waals surface area contributed by atoms with Crippen LogP contribution in [0, 0.1) is 5.92 Å². The molecule has 0 aliphatic rings. The minimum Gasteiger partial charge on any atom is -0.396 e. The molecule has 4 N–H and O–H groups in total. The zero-order chi connectivity index (χ0) is 13.8. The summed E-state index contributed by atoms with van der Waals surface area (Å²) in [7, 11) is 1.77. The average Bonchev–Trinajstić information content (AvgIpc) is 2.86. The minimum atomic E-state index is 0.145. The highest BCUT2D eigenvalue weighted by molar-refractivity contribution is 5.83. The lowest BCUT2D eigenvalue weighted by atomic mass is 10.0. The summed E-state index contributed by atoms with van der Waals surface area (Å²) in [6.45, 7) is 4.36. The van der Waals surface area contributed by atoms with Crippen molar-refractivity contribution in [3.8, 4) is 0 Å². The minimum absolute atomic E-state index is 0.145. The molecule has 0 saturated heterocycles. The summed E-state index contributed by atoms with van der Waals surface area (Å²) >= 11 is 0. The molecular formula is C12H20N6O. The predicted octanol–water partition coefficient (Wildman–Crippen LogP) is 1.21. The van der Waals surface area contributed by atoms with Crippen molar-refractivity contribution in [2.75, 3.05) is 24.3 Å². The molecule has 1 unspecified atom stereocenters. The molecule has 2 aromatic heterocycles. The second-order valence-corrected chi connectivity index (χ2v) is 4.75. The summed E-state index contributed by atoms with van der Waals surface area (Å²) in [5.74, 6) is 1.62. The van der Waals surface area contributed by atoms with Gasteiger partial charge in [0.05, 0.1) is 6.33 Å². The van der Waals surface area contributed by atoms with Gasteiger partial charge in [0.15, 0.2) is 11.5 Å². The Bertz CT molecular complexity index is 538. The van der Waals surface area contributed by atoms with Crippen LogP contribution in [0.25, 0.3) is 11.2 Å². The van der Waals surface area contributed by atoms with E-state index in [9.17, 15) is 0 Å². The number of imidazole rings is 1. The van der Waals surface area contributed by atoms with E-state index in [0.29, 0.717) is 29.8 Å². The van der Waals surface area contributed by atoms with Crippen LogP contribution in [0.15, 0.2) is 6.33 Å². The van der Waals surface area contributed by atoms with Crippen LogP contribution in [-0.4, -0.2) is 44.7 Å². The van der Waals surface area contributed by atoms with E-state index in [2.05, 4.69) is 44.4 Å². The number of nitrogens with one attached hydrogen (secondary N) is 3. The third kappa shape index (κ3) is 2.93. The van der Waals surface area contributed by atoms with Crippen LogP contribution in [0.1, 0.15) is 20.3 Å². The molecule has 1 atom stereocenters. The van der Waals surface area contributed by atoms with E-state index >= 15 is 0 Å². The van der Waals surface area contributed by atoms with Crippen LogP contribution >= 0.6 is 0 Å². The first kappa shape index (κ1) is 13.5. The Kier molecular flexibility index (Phi) is 4.16. The summed E-state index contributed by atoms with van der Waals surface area (Å²) in [5.41, 5.74) is 1.40. The van der Waals surface area contributed by atoms with Crippen LogP contribution in [-0.2, 0) is 0 Å². The van der Waals surface area contributed by atoms with Gasteiger partial charge in [0.25, 0.3) is 0 Å². The van der Waals surface area contributed by atoms with Crippen molar-refractivity contribution in [2.45, 2.75) is 26.3 Å². The van der Waals surface area contributed by atoms with Crippen LogP contribution < -0.4 is 10.6 Å². The average molecular weight is 264 g/mol. The Labute approximate surface area is 111 Å². The molecule has 7 heteroatoms. The number of aromatic nitrogens is 4. The predicted molar refractivity (Wildman–Crippen MR) is 75.2 cm³/mol. The van der Waals surface area contributed by atoms with Crippen molar-refractivity contribution < 1.29 is 5.11 Å². The molecule has 104 valence electrons. The molecule has 0 fully saturated rings. The maximum atomic E-state index is 9.13. The van der Waals surface area contributed by atoms with Gasteiger partial charge in [-0.15, -0.1) is 0 Å². The van der Waals surface area contributed by atoms with Gasteiger partial charge in [-0.25, -0.2) is 4.98 Å². The van der Waals surface area contributed by atoms with E-state index in [1.54, 1.807) is 13.4 Å². The summed E-state index contributed by atoms with van der Waals surface area (Å²) in [6.07, 6.45) is 2.27. The maximum absolute atomic E-state index is 9.13. The van der Waals surface area contributed by atoms with E-state index in [4.69, 9.17) is 5.11 Å². The van der Waals surface area contributed by atoms with Gasteiger partial charge in [0.2, 0.25) is 5.95 Å². The molecule has 19 heavy (non-hydrogen) atoms. The summed E-state index contributed by atoms with van der Waals surface area (Å²) < 4.78 is 0. The van der Waals surface area contributed by atoms with Gasteiger partial charge in [0.1, 0.15) is 5.52 Å². The normalized spacial score (nSPS) is 12.9. The highest BCUT2D eigenvalue weighted by Gasteiger charge is 2.16. The van der Waals surface area contributed by atoms with Crippen molar-refractivity contribution in [1.82, 2.24) is 19.9 Å². The molecule has 2 rings (SSSR count). The third-order valence-electron chi connectivity index (χ3n) is 3.08. The first-order chi connectivity index (χ1) is 9.15. The highest BCUT2D eigenvalue weighted by Crippen LogP contribution is 2.21. The van der Waals surface area contributed by atoms with Crippen molar-refractivity contribution in [2.24, 2.45) is 5.92 Å². The van der Waals surface area contributed by atoms with E-state index in [1.165, 1.54) is 0 Å². The van der Waals surface area contributed by atoms with Gasteiger partial charge in [-0.1, -0.05) is 13.8 Å². The van der Waals surface area contributed by atoms with Crippen molar-refractivity contribution in [3.63, 3.8) is 0 Å². The van der Waals surface area contributed by atoms with Crippen molar-refractivity contribution in [3.05, 3.63) is 6.33 Å². The zero-order valence-electron chi connectivity index (χ0n) is 11.4. The second-order valence-electron chi connectivity index (χ2n) is 4.75. The fraction of sp³-hybridized carbons (Fsp3) is 0.583. The van der Waals surface area contributed by atoms with E-state index in [0.717, 1.165) is 5.52 Å². The largest absolute Gasteiger partial charge is 0.396 e. The summed E-state index contributed by atoms with van der Waals surface area (Å²) in [4.78, 5) is 15.9. The first-order valence-corrected chi connectivity index (χ1v) is 6.42. The molecule has 2 heterocycles. The van der Waals surface area contributed by atoms with Crippen LogP contribution in [0.5, 0.6) is 0 Å². The molecule has 0 aromatic carbocycles. The first-order valence-electron chi connectivity index (χ1n) is 6.42. The number of anilines is 2. The van der Waals surface area contributed by atoms with Crippen molar-refractivity contribution in [1.29, 1.82) is 0 Å². The van der Waals surface area contributed by atoms with Crippen molar-refractivity contribution >= 4 is 22.9 Å². The Morgan fingerprint density at radius 1 is 1.37 bits per heavy atom. The Morgan fingerprint density at radius 3 is 2.79 bits per heavy atom. The van der Waals surface area contributed by atoms with Gasteiger partial charge >= 0.3 is 0 Å². The van der Waals surface area contributed by atoms with Crippen LogP contribution in [0.4, 0.5) is 11.8 Å². The third-order valence-corrected chi connectivity index (χ3v) is 3.08. The monoisotopic (exact) mass is 264 g/mol. The topological polar surface area (TPSA) is 98.8 Å². The van der Waals surface area contributed by atoms with Gasteiger partial charge in [-0.05, 0) is 12.3 Å². The van der Waals surface area contributed by atoms with E-state index in [1.807, 2.05) is 0 Å². The second kappa shape index (κ2) is 5.83. The number of aliphatic hydroxyl groups is 1. The van der Waals surface area contributed by atoms with Crippen LogP contribution in [0.3, 0.4) is 0 Å². The van der Waals surface area contributed by atoms with Gasteiger partial charge in [-0.3, -0.25) is 0 Å². The Hall–Kier alpha value is -1.89. The molecule has 2 aromatic rings. The van der Waals surface area contributed by atoms with Gasteiger partial charge in [0, 0.05) is 19.7 Å². The summed E-state index contributed by atoms with van der Waals surface area (Å²) in [5, 5.41) is 15.4. The fourth-order valence-corrected chi connectivity index (χ4v) is 1.94. The van der Waals surface area contributed by atoms with E-state index < -0.39 is 0 Å². The number of H-pyrrole nitrogens is 1. The molecule has 0 aliphatic heterocycles. The fourth-order valence-electron chi connectivity index (χ4n) is 1.94. The molecule has 0 spiro atoms. The molecular weight excluding hydrogens is 244 g/mol. The summed E-state index contributed by atoms with van der Waals surface area (Å²) in [6, 6.07) is 0.149. The van der Waals surface area contributed by atoms with Crippen LogP contribution in [0.2, 0.25) is 0 Å². The molecule has 0 aliphatic carbocycles. The standard InChI is InChI=1S/C12H20N6O/c1-7(2)8(4-5-19)16-11-9-10(15-6-14-9)17-12(13-3)18-11/h6-8,19H,4-5H2,1-3H3,(H3,13,14,15,16,17,18). The number of aliphatic hydroxyl groups excluding tert-OH is 1. The SMILES string of the molecule is CNc1nc(NC(CCO)C(C)C)c2[nH]cnc2n1. The zero-order valence-corrected chi connectivity index (χ0v) is 11.4. The number of aromatic amines is 1. The van der Waals surface area contributed by atoms with Gasteiger partial charge < -0.3 is 20.7 Å². The molecule has 7 nitrogen and oxygen atoms in total. The molecule has 0 saturated carbocycles. The quantitative estimate of drug-likeness (QED) is 0.626. The highest BCUT2D eigenvalue weighted by atomic mass is 16.3. The number of nitrogens with zero attached hydrogens (tertiary/aromatic N) is 3. The molecule has 0 bridgehead atoms. The Balaban J connectivity index is 2.34. The van der Waals surface area contributed by atoms with Gasteiger partial charge in [-0.2, -0.15) is 9.97 Å². The number of hydrogen-bond acceptors (Lipinski definition) is 6. The van der Waals surface area contributed by atoms with E-state index in [-0.39, 0.29) is 12.6 Å². The lowest BCUT2D eigenvalue weighted by Gasteiger charge is -2.22. The smallest absolute Gasteiger partial charge is 0.226 e. The maximum Gasteiger partial charge on any atom is 0.226 e. The number of fused-ring (bicyclic) bond motifs is 1. The number of hydrogen-bond donors (Lipinski definition) is 4. The number of rotatable bonds is 6. The molecule has 0 amide bonds. The lowest BCUT2D eigenvalue weighted by Crippen LogP contribution is -2.27. The molecule has 0 radical (unpaired) electrons. The lowest BCUT2D eigenvalue weighted by molar-refractivity contribution is 0.267.